The molecule has 0 radical (unpaired) electrons. The van der Waals surface area contributed by atoms with E-state index in [2.05, 4.69) is 12.2 Å². The highest BCUT2D eigenvalue weighted by Crippen LogP contribution is 2.39. The van der Waals surface area contributed by atoms with Crippen LogP contribution in [0.4, 0.5) is 0 Å². The van der Waals surface area contributed by atoms with Gasteiger partial charge in [-0.05, 0) is 12.8 Å². The molecule has 0 aliphatic carbocycles. The van der Waals surface area contributed by atoms with Crippen LogP contribution in [0.5, 0.6) is 0 Å². The van der Waals surface area contributed by atoms with Crippen LogP contribution < -0.4 is 10.2 Å². The lowest BCUT2D eigenvalue weighted by Gasteiger charge is -2.30. The zero-order valence-corrected chi connectivity index (χ0v) is 25.7. The summed E-state index contributed by atoms with van der Waals surface area (Å²) in [6.07, 6.45) is 18.4. The van der Waals surface area contributed by atoms with Gasteiger partial charge in [0.05, 0.1) is 27.7 Å². The molecule has 1 amide bonds. The average Bonchev–Trinajstić information content (AvgIpc) is 2.81. The molecule has 0 aromatic carbocycles. The summed E-state index contributed by atoms with van der Waals surface area (Å²) in [7, 11) is 1.37. The second-order valence-electron chi connectivity index (χ2n) is 11.2. The molecule has 0 bridgehead atoms. The molecule has 1 N–H and O–H groups in total. The van der Waals surface area contributed by atoms with Crippen molar-refractivity contribution in [1.29, 1.82) is 0 Å². The molecule has 0 aromatic heterocycles. The van der Waals surface area contributed by atoms with Gasteiger partial charge >= 0.3 is 0 Å². The zero-order chi connectivity index (χ0) is 27.8. The molecule has 37 heavy (non-hydrogen) atoms. The largest absolute Gasteiger partial charge is 0.756 e. The number of phosphoric acid groups is 1. The summed E-state index contributed by atoms with van der Waals surface area (Å²) in [4.78, 5) is 24.1. The van der Waals surface area contributed by atoms with Crippen LogP contribution in [0.15, 0.2) is 0 Å². The van der Waals surface area contributed by atoms with Crippen LogP contribution in [0.1, 0.15) is 117 Å². The van der Waals surface area contributed by atoms with Crippen LogP contribution in [-0.2, 0) is 23.1 Å². The highest BCUT2D eigenvalue weighted by atomic mass is 31.2. The molecular weight excluding hydrogens is 491 g/mol. The minimum Gasteiger partial charge on any atom is -0.756 e. The van der Waals surface area contributed by atoms with E-state index in [1.165, 1.54) is 77.0 Å². The van der Waals surface area contributed by atoms with E-state index in [9.17, 15) is 14.3 Å². The Morgan fingerprint density at radius 2 is 1.32 bits per heavy atom. The number of quaternary nitrogens is 1. The molecule has 0 saturated carbocycles. The summed E-state index contributed by atoms with van der Waals surface area (Å²) in [5, 5.41) is 2.73. The number of hydrogen-bond donors (Lipinski definition) is 1. The summed E-state index contributed by atoms with van der Waals surface area (Å²) in [5.41, 5.74) is 0. The van der Waals surface area contributed by atoms with Crippen LogP contribution in [0.25, 0.3) is 0 Å². The molecular formula is C28H59N2O6P. The molecule has 0 fully saturated rings. The van der Waals surface area contributed by atoms with Crippen molar-refractivity contribution in [3.8, 4) is 0 Å². The summed E-state index contributed by atoms with van der Waals surface area (Å²) >= 11 is 0. The minimum absolute atomic E-state index is 0.0408. The Kier molecular flexibility index (Phi) is 23.1. The van der Waals surface area contributed by atoms with Gasteiger partial charge in [-0.2, -0.15) is 0 Å². The quantitative estimate of drug-likeness (QED) is 0.0768. The Bertz CT molecular complexity index is 586. The maximum atomic E-state index is 12.3. The fraction of sp³-hybridized carbons (Fsp3) is 0.964. The van der Waals surface area contributed by atoms with Gasteiger partial charge in [0.25, 0.3) is 7.82 Å². The molecule has 2 unspecified atom stereocenters. The standard InChI is InChI=1S/C28H59N2O6P/c1-6-8-9-10-11-12-13-14-15-16-17-18-19-20-23-34-26-27(25-29-28(31)21-7-2)36-37(32,33)35-24-22-30(3,4)5/h27H,6-26H2,1-5H3,(H-,29,31,32,33). The molecule has 9 heteroatoms. The Hall–Kier alpha value is -0.500. The van der Waals surface area contributed by atoms with E-state index in [0.29, 0.717) is 24.1 Å². The van der Waals surface area contributed by atoms with Crippen molar-refractivity contribution in [2.75, 3.05) is 54.1 Å². The smallest absolute Gasteiger partial charge is 0.268 e. The van der Waals surface area contributed by atoms with Crippen molar-refractivity contribution >= 4 is 13.7 Å². The van der Waals surface area contributed by atoms with E-state index in [-0.39, 0.29) is 25.7 Å². The maximum Gasteiger partial charge on any atom is 0.268 e. The summed E-state index contributed by atoms with van der Waals surface area (Å²) in [6, 6.07) is 0. The number of carbonyl (C=O) groups is 1. The van der Waals surface area contributed by atoms with Gasteiger partial charge in [-0.25, -0.2) is 0 Å². The number of ether oxygens (including phenoxy) is 1. The van der Waals surface area contributed by atoms with Gasteiger partial charge < -0.3 is 28.5 Å². The average molecular weight is 551 g/mol. The topological polar surface area (TPSA) is 96.9 Å². The lowest BCUT2D eigenvalue weighted by molar-refractivity contribution is -0.870. The maximum absolute atomic E-state index is 12.3. The second-order valence-corrected chi connectivity index (χ2v) is 12.6. The number of phosphoric ester groups is 1. The highest BCUT2D eigenvalue weighted by Gasteiger charge is 2.20. The highest BCUT2D eigenvalue weighted by molar-refractivity contribution is 7.45. The number of hydrogen-bond acceptors (Lipinski definition) is 6. The van der Waals surface area contributed by atoms with Crippen LogP contribution in [0, 0.1) is 0 Å². The van der Waals surface area contributed by atoms with E-state index in [1.54, 1.807) is 0 Å². The second kappa shape index (κ2) is 23.4. The zero-order valence-electron chi connectivity index (χ0n) is 24.8. The molecule has 0 saturated heterocycles. The van der Waals surface area contributed by atoms with Crippen LogP contribution >= 0.6 is 7.82 Å². The van der Waals surface area contributed by atoms with Gasteiger partial charge in [0.2, 0.25) is 5.91 Å². The number of rotatable bonds is 27. The van der Waals surface area contributed by atoms with Crippen molar-refractivity contribution in [2.45, 2.75) is 123 Å². The van der Waals surface area contributed by atoms with E-state index < -0.39 is 13.9 Å². The summed E-state index contributed by atoms with van der Waals surface area (Å²) in [6.45, 7) is 5.46. The number of unbranched alkanes of at least 4 members (excludes halogenated alkanes) is 13. The predicted octanol–water partition coefficient (Wildman–Crippen LogP) is 5.98. The van der Waals surface area contributed by atoms with Crippen molar-refractivity contribution in [1.82, 2.24) is 5.32 Å². The molecule has 0 spiro atoms. The Morgan fingerprint density at radius 3 is 1.81 bits per heavy atom. The fourth-order valence-corrected chi connectivity index (χ4v) is 4.79. The van der Waals surface area contributed by atoms with Gasteiger partial charge in [-0.15, -0.1) is 0 Å². The first kappa shape index (κ1) is 36.5. The Morgan fingerprint density at radius 1 is 0.811 bits per heavy atom. The number of nitrogens with one attached hydrogen (secondary N) is 1. The fourth-order valence-electron chi connectivity index (χ4n) is 3.92. The SMILES string of the molecule is CCCCCCCCCCCCCCCCOCC(CNC(=O)CCC)OP(=O)([O-])OCC[N+](C)(C)C. The number of carbonyl (C=O) groups excluding carboxylic acids is 1. The predicted molar refractivity (Wildman–Crippen MR) is 150 cm³/mol. The molecule has 8 nitrogen and oxygen atoms in total. The molecule has 0 aliphatic heterocycles. The first-order valence-corrected chi connectivity index (χ1v) is 16.3. The monoisotopic (exact) mass is 550 g/mol. The first-order valence-electron chi connectivity index (χ1n) is 14.9. The molecule has 0 aliphatic rings. The van der Waals surface area contributed by atoms with Crippen LogP contribution in [-0.4, -0.2) is 70.5 Å². The van der Waals surface area contributed by atoms with Gasteiger partial charge in [-0.1, -0.05) is 97.3 Å². The normalized spacial score (nSPS) is 14.4. The van der Waals surface area contributed by atoms with E-state index in [1.807, 2.05) is 28.1 Å². The van der Waals surface area contributed by atoms with E-state index in [0.717, 1.165) is 19.3 Å². The van der Waals surface area contributed by atoms with Crippen LogP contribution in [0.3, 0.4) is 0 Å². The van der Waals surface area contributed by atoms with Crippen molar-refractivity contribution in [3.05, 3.63) is 0 Å². The van der Waals surface area contributed by atoms with Gasteiger partial charge in [0, 0.05) is 19.6 Å². The number of nitrogens with zero attached hydrogens (tertiary/aromatic N) is 1. The lowest BCUT2D eigenvalue weighted by atomic mass is 10.0. The van der Waals surface area contributed by atoms with E-state index in [4.69, 9.17) is 13.8 Å². The molecule has 0 heterocycles. The minimum atomic E-state index is -4.49. The molecule has 2 atom stereocenters. The first-order chi connectivity index (χ1) is 17.6. The van der Waals surface area contributed by atoms with Gasteiger partial charge in [0.1, 0.15) is 19.3 Å². The third-order valence-corrected chi connectivity index (χ3v) is 7.29. The van der Waals surface area contributed by atoms with E-state index >= 15 is 0 Å². The van der Waals surface area contributed by atoms with Crippen LogP contribution in [0.2, 0.25) is 0 Å². The van der Waals surface area contributed by atoms with Crippen molar-refractivity contribution in [2.24, 2.45) is 0 Å². The third-order valence-electron chi connectivity index (χ3n) is 6.24. The van der Waals surface area contributed by atoms with Crippen molar-refractivity contribution in [3.63, 3.8) is 0 Å². The Balaban J connectivity index is 4.02. The Labute approximate surface area is 228 Å². The van der Waals surface area contributed by atoms with Gasteiger partial charge in [-0.3, -0.25) is 9.36 Å². The molecule has 0 aromatic rings. The molecule has 222 valence electrons. The van der Waals surface area contributed by atoms with Crippen molar-refractivity contribution < 1.29 is 32.5 Å². The molecule has 0 rings (SSSR count). The number of amides is 1. The summed E-state index contributed by atoms with van der Waals surface area (Å²) in [5.74, 6) is -0.130. The van der Waals surface area contributed by atoms with Gasteiger partial charge in [0.15, 0.2) is 0 Å². The third kappa shape index (κ3) is 26.9. The lowest BCUT2D eigenvalue weighted by Crippen LogP contribution is -2.38. The summed E-state index contributed by atoms with van der Waals surface area (Å²) < 4.78 is 28.8. The number of likely N-dealkylation sites (N-methyl/N-ethyl adjacent to an activating group) is 1.